The Hall–Kier alpha value is -2.99. The summed E-state index contributed by atoms with van der Waals surface area (Å²) >= 11 is 10.1. The van der Waals surface area contributed by atoms with E-state index < -0.39 is 4.92 Å². The Morgan fingerprint density at radius 1 is 1.12 bits per heavy atom. The van der Waals surface area contributed by atoms with Crippen LogP contribution in [0.5, 0.6) is 0 Å². The third-order valence-electron chi connectivity index (χ3n) is 4.52. The van der Waals surface area contributed by atoms with Gasteiger partial charge in [-0.25, -0.2) is 5.43 Å². The lowest BCUT2D eigenvalue weighted by Gasteiger charge is -2.04. The van der Waals surface area contributed by atoms with Crippen LogP contribution in [0.1, 0.15) is 11.1 Å². The van der Waals surface area contributed by atoms with Gasteiger partial charge in [-0.3, -0.25) is 14.9 Å². The van der Waals surface area contributed by atoms with E-state index in [1.54, 1.807) is 17.8 Å². The maximum Gasteiger partial charge on any atom is 0.288 e. The number of rotatable bonds is 9. The summed E-state index contributed by atoms with van der Waals surface area (Å²) < 4.78 is 1.52. The van der Waals surface area contributed by atoms with Crippen molar-refractivity contribution in [1.82, 2.24) is 15.6 Å². The van der Waals surface area contributed by atoms with E-state index in [2.05, 4.69) is 51.1 Å². The van der Waals surface area contributed by atoms with Crippen LogP contribution in [0.2, 0.25) is 5.02 Å². The molecule has 0 aliphatic rings. The molecule has 1 N–H and O–H groups in total. The van der Waals surface area contributed by atoms with E-state index in [1.165, 1.54) is 57.8 Å². The van der Waals surface area contributed by atoms with Gasteiger partial charge in [-0.05, 0) is 22.4 Å². The average molecular weight is 530 g/mol. The van der Waals surface area contributed by atoms with Crippen molar-refractivity contribution in [3.05, 3.63) is 86.9 Å². The van der Waals surface area contributed by atoms with Crippen LogP contribution in [0, 0.1) is 10.1 Å². The highest BCUT2D eigenvalue weighted by atomic mass is 35.5. The van der Waals surface area contributed by atoms with Crippen molar-refractivity contribution in [1.29, 1.82) is 0 Å². The van der Waals surface area contributed by atoms with Gasteiger partial charge in [0.15, 0.2) is 8.68 Å². The fraction of sp³-hybridized carbons (Fsp3) is 0.0909. The number of thioether (sulfide) groups is 2. The standard InChI is InChI=1S/C22H16ClN5O3S3/c23-18-9-8-14(10-19(18)28(30)31)11-24-25-20(29)13-33-22-27-26-21(34-22)32-12-16-6-3-5-15-4-1-2-7-17(15)16/h1-11H,12-13H2,(H,25,29)/b24-11+. The van der Waals surface area contributed by atoms with Crippen molar-refractivity contribution < 1.29 is 9.72 Å². The number of carbonyl (C=O) groups is 1. The van der Waals surface area contributed by atoms with E-state index in [-0.39, 0.29) is 22.4 Å². The molecule has 0 bridgehead atoms. The predicted molar refractivity (Wildman–Crippen MR) is 138 cm³/mol. The lowest BCUT2D eigenvalue weighted by Crippen LogP contribution is -2.19. The molecule has 0 saturated carbocycles. The van der Waals surface area contributed by atoms with Crippen LogP contribution in [-0.2, 0) is 10.5 Å². The van der Waals surface area contributed by atoms with Gasteiger partial charge in [0.1, 0.15) is 5.02 Å². The molecule has 34 heavy (non-hydrogen) atoms. The predicted octanol–water partition coefficient (Wildman–Crippen LogP) is 5.79. The molecule has 3 aromatic carbocycles. The van der Waals surface area contributed by atoms with E-state index in [1.807, 2.05) is 12.1 Å². The summed E-state index contributed by atoms with van der Waals surface area (Å²) in [5.41, 5.74) is 3.85. The van der Waals surface area contributed by atoms with Gasteiger partial charge in [-0.2, -0.15) is 5.10 Å². The quantitative estimate of drug-likeness (QED) is 0.126. The van der Waals surface area contributed by atoms with Crippen LogP contribution in [0.25, 0.3) is 10.8 Å². The number of hydrogen-bond acceptors (Lipinski definition) is 9. The molecule has 0 aliphatic carbocycles. The van der Waals surface area contributed by atoms with Gasteiger partial charge in [-0.15, -0.1) is 10.2 Å². The zero-order valence-corrected chi connectivity index (χ0v) is 20.6. The molecule has 8 nitrogen and oxygen atoms in total. The highest BCUT2D eigenvalue weighted by molar-refractivity contribution is 8.03. The number of carbonyl (C=O) groups excluding carboxylic acids is 1. The Bertz CT molecular complexity index is 1370. The molecule has 0 fully saturated rings. The molecule has 0 aliphatic heterocycles. The maximum absolute atomic E-state index is 12.1. The first-order valence-corrected chi connectivity index (χ1v) is 13.0. The third kappa shape index (κ3) is 6.32. The van der Waals surface area contributed by atoms with Gasteiger partial charge in [0.2, 0.25) is 0 Å². The van der Waals surface area contributed by atoms with Gasteiger partial charge in [0.05, 0.1) is 16.9 Å². The lowest BCUT2D eigenvalue weighted by molar-refractivity contribution is -0.384. The largest absolute Gasteiger partial charge is 0.288 e. The molecule has 0 atom stereocenters. The Kier molecular flexibility index (Phi) is 8.12. The van der Waals surface area contributed by atoms with E-state index in [4.69, 9.17) is 11.6 Å². The molecule has 172 valence electrons. The second-order valence-corrected chi connectivity index (χ2v) is 10.6. The van der Waals surface area contributed by atoms with Crippen LogP contribution in [0.3, 0.4) is 0 Å². The maximum atomic E-state index is 12.1. The van der Waals surface area contributed by atoms with Crippen molar-refractivity contribution in [3.8, 4) is 0 Å². The van der Waals surface area contributed by atoms with E-state index in [0.29, 0.717) is 9.90 Å². The lowest BCUT2D eigenvalue weighted by atomic mass is 10.1. The Morgan fingerprint density at radius 3 is 2.71 bits per heavy atom. The van der Waals surface area contributed by atoms with Crippen molar-refractivity contribution in [2.24, 2.45) is 5.10 Å². The number of nitro groups is 1. The number of nitro benzene ring substituents is 1. The molecule has 0 unspecified atom stereocenters. The monoisotopic (exact) mass is 529 g/mol. The van der Waals surface area contributed by atoms with E-state index in [0.717, 1.165) is 10.1 Å². The van der Waals surface area contributed by atoms with Gasteiger partial charge in [0.25, 0.3) is 11.6 Å². The number of halogens is 1. The van der Waals surface area contributed by atoms with Crippen molar-refractivity contribution >= 4 is 75.0 Å². The Labute approximate surface area is 212 Å². The Morgan fingerprint density at radius 2 is 1.88 bits per heavy atom. The number of aromatic nitrogens is 2. The average Bonchev–Trinajstić information content (AvgIpc) is 3.30. The van der Waals surface area contributed by atoms with Crippen LogP contribution in [0.15, 0.2) is 74.4 Å². The summed E-state index contributed by atoms with van der Waals surface area (Å²) in [4.78, 5) is 22.4. The number of hydrazone groups is 1. The molecular formula is C22H16ClN5O3S3. The molecular weight excluding hydrogens is 514 g/mol. The Balaban J connectivity index is 1.26. The van der Waals surface area contributed by atoms with Crippen LogP contribution in [-0.4, -0.2) is 33.0 Å². The number of nitrogens with zero attached hydrogens (tertiary/aromatic N) is 4. The molecule has 0 radical (unpaired) electrons. The molecule has 0 spiro atoms. The summed E-state index contributed by atoms with van der Waals surface area (Å²) in [6, 6.07) is 18.8. The molecule has 12 heteroatoms. The van der Waals surface area contributed by atoms with Crippen molar-refractivity contribution in [2.75, 3.05) is 5.75 Å². The van der Waals surface area contributed by atoms with E-state index >= 15 is 0 Å². The number of amides is 1. The molecule has 1 aromatic heterocycles. The third-order valence-corrected chi connectivity index (χ3v) is 8.07. The van der Waals surface area contributed by atoms with Gasteiger partial charge in [-0.1, -0.05) is 95.0 Å². The molecule has 0 saturated heterocycles. The number of nitrogens with one attached hydrogen (secondary N) is 1. The zero-order chi connectivity index (χ0) is 23.9. The second-order valence-electron chi connectivity index (χ2n) is 6.81. The fourth-order valence-corrected chi connectivity index (χ4v) is 5.96. The smallest absolute Gasteiger partial charge is 0.272 e. The van der Waals surface area contributed by atoms with E-state index in [9.17, 15) is 14.9 Å². The van der Waals surface area contributed by atoms with Gasteiger partial charge in [0, 0.05) is 17.4 Å². The number of fused-ring (bicyclic) bond motifs is 1. The fourth-order valence-electron chi connectivity index (χ4n) is 2.96. The topological polar surface area (TPSA) is 110 Å². The minimum atomic E-state index is -0.578. The van der Waals surface area contributed by atoms with Crippen LogP contribution >= 0.6 is 46.5 Å². The molecule has 4 aromatic rings. The number of hydrogen-bond donors (Lipinski definition) is 1. The summed E-state index contributed by atoms with van der Waals surface area (Å²) in [5.74, 6) is 0.560. The summed E-state index contributed by atoms with van der Waals surface area (Å²) in [6.07, 6.45) is 1.32. The first-order chi connectivity index (χ1) is 16.5. The minimum absolute atomic E-state index is 0.0364. The number of benzene rings is 3. The second kappa shape index (κ2) is 11.4. The molecule has 1 heterocycles. The zero-order valence-electron chi connectivity index (χ0n) is 17.4. The summed E-state index contributed by atoms with van der Waals surface area (Å²) in [6.45, 7) is 0. The van der Waals surface area contributed by atoms with Gasteiger partial charge < -0.3 is 0 Å². The van der Waals surface area contributed by atoms with Crippen molar-refractivity contribution in [2.45, 2.75) is 14.4 Å². The van der Waals surface area contributed by atoms with Gasteiger partial charge >= 0.3 is 0 Å². The highest BCUT2D eigenvalue weighted by Gasteiger charge is 2.12. The first-order valence-electron chi connectivity index (χ1n) is 9.81. The van der Waals surface area contributed by atoms with Crippen LogP contribution in [0.4, 0.5) is 5.69 Å². The van der Waals surface area contributed by atoms with Crippen LogP contribution < -0.4 is 5.43 Å². The normalized spacial score (nSPS) is 11.2. The summed E-state index contributed by atoms with van der Waals surface area (Å²) in [7, 11) is 0. The summed E-state index contributed by atoms with van der Waals surface area (Å²) in [5, 5.41) is 25.6. The molecule has 4 rings (SSSR count). The first kappa shape index (κ1) is 24.1. The minimum Gasteiger partial charge on any atom is -0.272 e. The molecule has 1 amide bonds. The SMILES string of the molecule is O=C(CSc1nnc(SCc2cccc3ccccc23)s1)N/N=C/c1ccc(Cl)c([N+](=O)[O-])c1. The highest BCUT2D eigenvalue weighted by Crippen LogP contribution is 2.32. The van der Waals surface area contributed by atoms with Crippen molar-refractivity contribution in [3.63, 3.8) is 0 Å².